The van der Waals surface area contributed by atoms with E-state index in [2.05, 4.69) is 30.2 Å². The normalized spacial score (nSPS) is 17.1. The van der Waals surface area contributed by atoms with E-state index < -0.39 is 10.0 Å². The second-order valence-corrected chi connectivity index (χ2v) is 9.56. The molecule has 0 saturated carbocycles. The molecule has 0 radical (unpaired) electrons. The minimum Gasteiger partial charge on any atom is -0.355 e. The predicted molar refractivity (Wildman–Crippen MR) is 129 cm³/mol. The van der Waals surface area contributed by atoms with E-state index in [0.29, 0.717) is 21.7 Å². The molecule has 1 aliphatic heterocycles. The Morgan fingerprint density at radius 2 is 2.21 bits per heavy atom. The SMILES string of the molecule is CN=C(NCCNS(=O)(=O)c1cccs1)NC1CCN(c2ncccc2Cl)C1.I. The molecule has 1 aliphatic rings. The number of thiophene rings is 1. The van der Waals surface area contributed by atoms with Gasteiger partial charge in [-0.2, -0.15) is 0 Å². The van der Waals surface area contributed by atoms with Crippen molar-refractivity contribution in [2.75, 3.05) is 38.1 Å². The van der Waals surface area contributed by atoms with Crippen molar-refractivity contribution >= 4 is 68.7 Å². The van der Waals surface area contributed by atoms with Gasteiger partial charge in [-0.1, -0.05) is 17.7 Å². The average Bonchev–Trinajstić information content (AvgIpc) is 3.37. The Hall–Kier alpha value is -1.15. The highest BCUT2D eigenvalue weighted by molar-refractivity contribution is 14.0. The maximum absolute atomic E-state index is 12.1. The molecule has 160 valence electrons. The first-order valence-corrected chi connectivity index (χ1v) is 11.6. The van der Waals surface area contributed by atoms with Crippen molar-refractivity contribution in [1.29, 1.82) is 0 Å². The van der Waals surface area contributed by atoms with E-state index in [4.69, 9.17) is 11.6 Å². The lowest BCUT2D eigenvalue weighted by Crippen LogP contribution is -2.46. The molecule has 3 heterocycles. The molecule has 0 aromatic carbocycles. The highest BCUT2D eigenvalue weighted by Gasteiger charge is 2.25. The maximum atomic E-state index is 12.1. The largest absolute Gasteiger partial charge is 0.355 e. The molecule has 0 aliphatic carbocycles. The van der Waals surface area contributed by atoms with Gasteiger partial charge in [0.2, 0.25) is 10.0 Å². The molecule has 8 nitrogen and oxygen atoms in total. The summed E-state index contributed by atoms with van der Waals surface area (Å²) in [6, 6.07) is 7.15. The number of anilines is 1. The fraction of sp³-hybridized carbons (Fsp3) is 0.412. The second-order valence-electron chi connectivity index (χ2n) is 6.21. The molecule has 1 atom stereocenters. The molecule has 2 aromatic rings. The Morgan fingerprint density at radius 1 is 1.38 bits per heavy atom. The van der Waals surface area contributed by atoms with E-state index in [1.165, 1.54) is 11.3 Å². The zero-order chi connectivity index (χ0) is 20.0. The third-order valence-corrected chi connectivity index (χ3v) is 7.41. The summed E-state index contributed by atoms with van der Waals surface area (Å²) < 4.78 is 27.1. The summed E-state index contributed by atoms with van der Waals surface area (Å²) >= 11 is 7.42. The zero-order valence-electron chi connectivity index (χ0n) is 15.8. The number of aromatic nitrogens is 1. The lowest BCUT2D eigenvalue weighted by atomic mass is 10.3. The van der Waals surface area contributed by atoms with Crippen molar-refractivity contribution in [2.45, 2.75) is 16.7 Å². The fourth-order valence-corrected chi connectivity index (χ4v) is 5.23. The molecule has 1 saturated heterocycles. The quantitative estimate of drug-likeness (QED) is 0.204. The molecule has 0 spiro atoms. The van der Waals surface area contributed by atoms with E-state index in [1.54, 1.807) is 30.8 Å². The smallest absolute Gasteiger partial charge is 0.250 e. The van der Waals surface area contributed by atoms with Crippen molar-refractivity contribution in [3.8, 4) is 0 Å². The summed E-state index contributed by atoms with van der Waals surface area (Å²) in [7, 11) is -1.76. The molecule has 1 unspecified atom stereocenters. The number of sulfonamides is 1. The van der Waals surface area contributed by atoms with Gasteiger partial charge in [0.1, 0.15) is 10.0 Å². The van der Waals surface area contributed by atoms with Crippen molar-refractivity contribution in [3.63, 3.8) is 0 Å². The van der Waals surface area contributed by atoms with Crippen LogP contribution in [-0.2, 0) is 10.0 Å². The van der Waals surface area contributed by atoms with Crippen LogP contribution in [0.4, 0.5) is 5.82 Å². The van der Waals surface area contributed by atoms with Crippen molar-refractivity contribution in [2.24, 2.45) is 4.99 Å². The molecule has 3 rings (SSSR count). The molecular formula is C17H24ClIN6O2S2. The summed E-state index contributed by atoms with van der Waals surface area (Å²) in [5.74, 6) is 1.42. The minimum absolute atomic E-state index is 0. The van der Waals surface area contributed by atoms with Gasteiger partial charge >= 0.3 is 0 Å². The molecule has 12 heteroatoms. The summed E-state index contributed by atoms with van der Waals surface area (Å²) in [6.07, 6.45) is 2.66. The third kappa shape index (κ3) is 6.67. The van der Waals surface area contributed by atoms with Crippen LogP contribution in [0.1, 0.15) is 6.42 Å². The number of aliphatic imine (C=N–C) groups is 1. The molecule has 0 amide bonds. The van der Waals surface area contributed by atoms with Gasteiger partial charge in [-0.15, -0.1) is 35.3 Å². The number of hydrogen-bond acceptors (Lipinski definition) is 6. The van der Waals surface area contributed by atoms with Crippen LogP contribution in [0.3, 0.4) is 0 Å². The van der Waals surface area contributed by atoms with Gasteiger partial charge in [0.15, 0.2) is 5.96 Å². The Labute approximate surface area is 197 Å². The van der Waals surface area contributed by atoms with Crippen LogP contribution in [0, 0.1) is 0 Å². The molecule has 29 heavy (non-hydrogen) atoms. The molecule has 3 N–H and O–H groups in total. The Kier molecular flexibility index (Phi) is 9.40. The first-order chi connectivity index (χ1) is 13.5. The third-order valence-electron chi connectivity index (χ3n) is 4.26. The number of pyridine rings is 1. The standard InChI is InChI=1S/C17H23ClN6O2S2.HI/c1-19-17(21-8-9-22-28(25,26)15-5-3-11-27-15)23-13-6-10-24(12-13)16-14(18)4-2-7-20-16;/h2-5,7,11,13,22H,6,8-10,12H2,1H3,(H2,19,21,23);1H. The molecule has 1 fully saturated rings. The van der Waals surface area contributed by atoms with Crippen LogP contribution in [0.5, 0.6) is 0 Å². The van der Waals surface area contributed by atoms with E-state index in [-0.39, 0.29) is 36.6 Å². The monoisotopic (exact) mass is 570 g/mol. The van der Waals surface area contributed by atoms with Gasteiger partial charge in [0, 0.05) is 45.5 Å². The first-order valence-electron chi connectivity index (χ1n) is 8.85. The highest BCUT2D eigenvalue weighted by atomic mass is 127. The second kappa shape index (κ2) is 11.3. The van der Waals surface area contributed by atoms with Crippen LogP contribution >= 0.6 is 46.9 Å². The lowest BCUT2D eigenvalue weighted by Gasteiger charge is -2.20. The van der Waals surface area contributed by atoms with E-state index in [1.807, 2.05) is 12.1 Å². The Balaban J connectivity index is 0.00000300. The highest BCUT2D eigenvalue weighted by Crippen LogP contribution is 2.25. The van der Waals surface area contributed by atoms with E-state index in [9.17, 15) is 8.42 Å². The zero-order valence-corrected chi connectivity index (χ0v) is 20.6. The topological polar surface area (TPSA) is 98.7 Å². The first kappa shape index (κ1) is 24.1. The number of guanidine groups is 1. The number of halogens is 2. The van der Waals surface area contributed by atoms with Crippen molar-refractivity contribution in [1.82, 2.24) is 20.3 Å². The number of rotatable bonds is 7. The minimum atomic E-state index is -3.44. The van der Waals surface area contributed by atoms with Crippen LogP contribution < -0.4 is 20.3 Å². The number of hydrogen-bond donors (Lipinski definition) is 3. The van der Waals surface area contributed by atoms with Gasteiger partial charge in [-0.3, -0.25) is 4.99 Å². The van der Waals surface area contributed by atoms with Crippen LogP contribution in [0.2, 0.25) is 5.02 Å². The predicted octanol–water partition coefficient (Wildman–Crippen LogP) is 2.14. The van der Waals surface area contributed by atoms with Gasteiger partial charge in [0.05, 0.1) is 5.02 Å². The average molecular weight is 571 g/mol. The maximum Gasteiger partial charge on any atom is 0.250 e. The van der Waals surface area contributed by atoms with Gasteiger partial charge in [-0.25, -0.2) is 18.1 Å². The fourth-order valence-electron chi connectivity index (χ4n) is 2.92. The Morgan fingerprint density at radius 3 is 2.90 bits per heavy atom. The van der Waals surface area contributed by atoms with Crippen LogP contribution in [-0.4, -0.2) is 58.6 Å². The van der Waals surface area contributed by atoms with Crippen LogP contribution in [0.25, 0.3) is 0 Å². The summed E-state index contributed by atoms with van der Waals surface area (Å²) in [5, 5.41) is 8.88. The van der Waals surface area contributed by atoms with E-state index in [0.717, 1.165) is 25.3 Å². The van der Waals surface area contributed by atoms with E-state index >= 15 is 0 Å². The van der Waals surface area contributed by atoms with Crippen molar-refractivity contribution < 1.29 is 8.42 Å². The van der Waals surface area contributed by atoms with Gasteiger partial charge < -0.3 is 15.5 Å². The summed E-state index contributed by atoms with van der Waals surface area (Å²) in [5.41, 5.74) is 0. The Bertz CT molecular complexity index is 910. The van der Waals surface area contributed by atoms with Crippen LogP contribution in [0.15, 0.2) is 45.0 Å². The summed E-state index contributed by atoms with van der Waals surface area (Å²) in [4.78, 5) is 10.7. The molecular weight excluding hydrogens is 547 g/mol. The van der Waals surface area contributed by atoms with Crippen molar-refractivity contribution in [3.05, 3.63) is 40.9 Å². The summed E-state index contributed by atoms with van der Waals surface area (Å²) in [6.45, 7) is 2.31. The molecule has 0 bridgehead atoms. The lowest BCUT2D eigenvalue weighted by molar-refractivity contribution is 0.582. The van der Waals surface area contributed by atoms with Gasteiger partial charge in [0.25, 0.3) is 0 Å². The van der Waals surface area contributed by atoms with Gasteiger partial charge in [-0.05, 0) is 30.0 Å². The molecule has 2 aromatic heterocycles. The number of nitrogens with zero attached hydrogens (tertiary/aromatic N) is 3. The number of nitrogens with one attached hydrogen (secondary N) is 3.